The van der Waals surface area contributed by atoms with Crippen LogP contribution in [-0.4, -0.2) is 18.9 Å². The number of carbonyl (C=O) groups is 2. The van der Waals surface area contributed by atoms with E-state index in [4.69, 9.17) is 4.74 Å². The Bertz CT molecular complexity index is 832. The summed E-state index contributed by atoms with van der Waals surface area (Å²) < 4.78 is 5.20. The predicted octanol–water partition coefficient (Wildman–Crippen LogP) is 3.78. The highest BCUT2D eigenvalue weighted by Crippen LogP contribution is 2.26. The lowest BCUT2D eigenvalue weighted by Gasteiger charge is -2.21. The summed E-state index contributed by atoms with van der Waals surface area (Å²) in [5.41, 5.74) is 4.29. The van der Waals surface area contributed by atoms with Crippen LogP contribution in [0.15, 0.2) is 42.5 Å². The van der Waals surface area contributed by atoms with Gasteiger partial charge in [-0.2, -0.15) is 0 Å². The summed E-state index contributed by atoms with van der Waals surface area (Å²) in [4.78, 5) is 24.7. The van der Waals surface area contributed by atoms with Crippen molar-refractivity contribution in [2.75, 3.05) is 12.4 Å². The zero-order chi connectivity index (χ0) is 19.2. The number of para-hydroxylation sites is 2. The second-order valence-electron chi connectivity index (χ2n) is 6.82. The summed E-state index contributed by atoms with van der Waals surface area (Å²) in [7, 11) is 1.52. The third-order valence-corrected chi connectivity index (χ3v) is 5.05. The first-order valence-electron chi connectivity index (χ1n) is 9.49. The summed E-state index contributed by atoms with van der Waals surface area (Å²) in [5.74, 6) is -0.832. The normalized spacial score (nSPS) is 14.0. The van der Waals surface area contributed by atoms with Gasteiger partial charge in [-0.25, -0.2) is 0 Å². The molecule has 0 fully saturated rings. The Morgan fingerprint density at radius 1 is 1.04 bits per heavy atom. The number of carbonyl (C=O) groups excluding carboxylic acids is 2. The molecule has 0 aromatic heterocycles. The second-order valence-corrected chi connectivity index (χ2v) is 6.82. The largest absolute Gasteiger partial charge is 0.495 e. The number of aryl methyl sites for hydroxylation is 2. The number of fused-ring (bicyclic) bond motifs is 1. The van der Waals surface area contributed by atoms with E-state index in [1.807, 2.05) is 6.92 Å². The van der Waals surface area contributed by atoms with Crippen molar-refractivity contribution in [1.82, 2.24) is 5.32 Å². The molecule has 1 aliphatic rings. The van der Waals surface area contributed by atoms with E-state index < -0.39 is 11.8 Å². The molecule has 0 saturated carbocycles. The van der Waals surface area contributed by atoms with Crippen LogP contribution in [-0.2, 0) is 22.4 Å². The van der Waals surface area contributed by atoms with Crippen molar-refractivity contribution in [3.05, 3.63) is 59.2 Å². The van der Waals surface area contributed by atoms with Crippen LogP contribution in [0.25, 0.3) is 0 Å². The van der Waals surface area contributed by atoms with E-state index in [9.17, 15) is 9.59 Å². The van der Waals surface area contributed by atoms with Gasteiger partial charge < -0.3 is 15.4 Å². The van der Waals surface area contributed by atoms with E-state index in [1.54, 1.807) is 24.3 Å². The molecule has 1 aliphatic carbocycles. The molecule has 0 spiro atoms. The highest BCUT2D eigenvalue weighted by atomic mass is 16.5. The third-order valence-electron chi connectivity index (χ3n) is 5.05. The second kappa shape index (κ2) is 8.71. The van der Waals surface area contributed by atoms with Gasteiger partial charge in [0, 0.05) is 0 Å². The fourth-order valence-electron chi connectivity index (χ4n) is 3.54. The van der Waals surface area contributed by atoms with Crippen LogP contribution in [0.2, 0.25) is 0 Å². The molecule has 1 atom stereocenters. The summed E-state index contributed by atoms with van der Waals surface area (Å²) in [6.45, 7) is 2.00. The third kappa shape index (κ3) is 4.48. The number of amides is 2. The molecule has 0 radical (unpaired) electrons. The molecule has 2 amide bonds. The minimum absolute atomic E-state index is 0.187. The molecule has 0 aliphatic heterocycles. The molecule has 5 nitrogen and oxygen atoms in total. The van der Waals surface area contributed by atoms with Crippen LogP contribution in [0, 0.1) is 0 Å². The maximum absolute atomic E-state index is 12.4. The van der Waals surface area contributed by atoms with Gasteiger partial charge in [0.25, 0.3) is 0 Å². The van der Waals surface area contributed by atoms with Gasteiger partial charge >= 0.3 is 11.8 Å². The fourth-order valence-corrected chi connectivity index (χ4v) is 3.54. The number of ether oxygens (including phenoxy) is 1. The standard InChI is InChI=1S/C22H26N2O3/c1-3-18(17-13-12-15-8-4-5-9-16(15)14-17)23-21(25)22(26)24-19-10-6-7-11-20(19)27-2/h6-7,10-14,18H,3-5,8-9H2,1-2H3,(H,23,25)(H,24,26). The summed E-state index contributed by atoms with van der Waals surface area (Å²) >= 11 is 0. The van der Waals surface area contributed by atoms with E-state index in [-0.39, 0.29) is 6.04 Å². The molecule has 0 saturated heterocycles. The summed E-state index contributed by atoms with van der Waals surface area (Å²) in [5, 5.41) is 5.47. The van der Waals surface area contributed by atoms with Gasteiger partial charge in [0.05, 0.1) is 18.8 Å². The maximum atomic E-state index is 12.4. The lowest BCUT2D eigenvalue weighted by atomic mass is 9.89. The molecule has 1 unspecified atom stereocenters. The Morgan fingerprint density at radius 2 is 1.78 bits per heavy atom. The van der Waals surface area contributed by atoms with Crippen LogP contribution in [0.1, 0.15) is 48.9 Å². The Hall–Kier alpha value is -2.82. The highest BCUT2D eigenvalue weighted by molar-refractivity contribution is 6.39. The minimum Gasteiger partial charge on any atom is -0.495 e. The topological polar surface area (TPSA) is 67.4 Å². The van der Waals surface area contributed by atoms with E-state index in [1.165, 1.54) is 31.1 Å². The Balaban J connectivity index is 1.68. The first-order chi connectivity index (χ1) is 13.1. The molecular formula is C22H26N2O3. The van der Waals surface area contributed by atoms with E-state index >= 15 is 0 Å². The monoisotopic (exact) mass is 366 g/mol. The molecule has 0 heterocycles. The number of benzene rings is 2. The van der Waals surface area contributed by atoms with Crippen LogP contribution >= 0.6 is 0 Å². The van der Waals surface area contributed by atoms with E-state index in [0.717, 1.165) is 18.4 Å². The SMILES string of the molecule is CCC(NC(=O)C(=O)Nc1ccccc1OC)c1ccc2c(c1)CCCC2. The van der Waals surface area contributed by atoms with Crippen molar-refractivity contribution in [3.63, 3.8) is 0 Å². The first-order valence-corrected chi connectivity index (χ1v) is 9.49. The Kier molecular flexibility index (Phi) is 6.12. The Morgan fingerprint density at radius 3 is 2.52 bits per heavy atom. The van der Waals surface area contributed by atoms with Crippen molar-refractivity contribution >= 4 is 17.5 Å². The van der Waals surface area contributed by atoms with Gasteiger partial charge in [-0.1, -0.05) is 37.3 Å². The average molecular weight is 366 g/mol. The van der Waals surface area contributed by atoms with Gasteiger partial charge in [-0.15, -0.1) is 0 Å². The molecule has 142 valence electrons. The number of methoxy groups -OCH3 is 1. The van der Waals surface area contributed by atoms with Gasteiger partial charge in [0.15, 0.2) is 0 Å². The zero-order valence-electron chi connectivity index (χ0n) is 15.9. The van der Waals surface area contributed by atoms with Crippen molar-refractivity contribution in [3.8, 4) is 5.75 Å². The molecule has 2 N–H and O–H groups in total. The van der Waals surface area contributed by atoms with Gasteiger partial charge in [0.2, 0.25) is 0 Å². The zero-order valence-corrected chi connectivity index (χ0v) is 15.9. The number of hydrogen-bond donors (Lipinski definition) is 2. The lowest BCUT2D eigenvalue weighted by Crippen LogP contribution is -2.37. The van der Waals surface area contributed by atoms with Crippen molar-refractivity contribution in [1.29, 1.82) is 0 Å². The number of nitrogens with one attached hydrogen (secondary N) is 2. The number of anilines is 1. The summed E-state index contributed by atoms with van der Waals surface area (Å²) in [6.07, 6.45) is 5.37. The van der Waals surface area contributed by atoms with Gasteiger partial charge in [0.1, 0.15) is 5.75 Å². The molecular weight excluding hydrogens is 340 g/mol. The maximum Gasteiger partial charge on any atom is 0.313 e. The average Bonchev–Trinajstić information content (AvgIpc) is 2.71. The van der Waals surface area contributed by atoms with Crippen LogP contribution in [0.3, 0.4) is 0 Å². The van der Waals surface area contributed by atoms with Crippen LogP contribution < -0.4 is 15.4 Å². The van der Waals surface area contributed by atoms with Crippen molar-refractivity contribution < 1.29 is 14.3 Å². The Labute approximate surface area is 160 Å². The fraction of sp³-hybridized carbons (Fsp3) is 0.364. The molecule has 2 aromatic carbocycles. The molecule has 0 bridgehead atoms. The molecule has 27 heavy (non-hydrogen) atoms. The molecule has 3 rings (SSSR count). The van der Waals surface area contributed by atoms with Gasteiger partial charge in [-0.05, 0) is 60.9 Å². The smallest absolute Gasteiger partial charge is 0.313 e. The first kappa shape index (κ1) is 19.0. The summed E-state index contributed by atoms with van der Waals surface area (Å²) in [6, 6.07) is 13.2. The molecule has 5 heteroatoms. The number of hydrogen-bond acceptors (Lipinski definition) is 3. The van der Waals surface area contributed by atoms with Crippen molar-refractivity contribution in [2.45, 2.75) is 45.1 Å². The minimum atomic E-state index is -0.698. The van der Waals surface area contributed by atoms with Crippen molar-refractivity contribution in [2.24, 2.45) is 0 Å². The quantitative estimate of drug-likeness (QED) is 0.792. The highest BCUT2D eigenvalue weighted by Gasteiger charge is 2.21. The van der Waals surface area contributed by atoms with Crippen LogP contribution in [0.5, 0.6) is 5.75 Å². The lowest BCUT2D eigenvalue weighted by molar-refractivity contribution is -0.136. The predicted molar refractivity (Wildman–Crippen MR) is 106 cm³/mol. The number of rotatable bonds is 5. The van der Waals surface area contributed by atoms with Crippen LogP contribution in [0.4, 0.5) is 5.69 Å². The molecule has 2 aromatic rings. The van der Waals surface area contributed by atoms with Gasteiger partial charge in [-0.3, -0.25) is 9.59 Å². The van der Waals surface area contributed by atoms with E-state index in [0.29, 0.717) is 17.9 Å². The van der Waals surface area contributed by atoms with E-state index in [2.05, 4.69) is 28.8 Å².